The van der Waals surface area contributed by atoms with Crippen molar-refractivity contribution in [2.45, 2.75) is 20.0 Å². The summed E-state index contributed by atoms with van der Waals surface area (Å²) < 4.78 is 8.69. The third kappa shape index (κ3) is 2.65. The topological polar surface area (TPSA) is 43.0 Å². The SMILES string of the molecule is CNCc1cc(Cn2cc(I)cn2)oc1C. The molecule has 0 fully saturated rings. The van der Waals surface area contributed by atoms with Gasteiger partial charge < -0.3 is 9.73 Å². The second kappa shape index (κ2) is 5.01. The minimum absolute atomic E-state index is 0.688. The molecule has 0 atom stereocenters. The van der Waals surface area contributed by atoms with Crippen molar-refractivity contribution in [3.8, 4) is 0 Å². The van der Waals surface area contributed by atoms with Gasteiger partial charge in [0.2, 0.25) is 0 Å². The largest absolute Gasteiger partial charge is 0.464 e. The molecule has 0 aliphatic rings. The van der Waals surface area contributed by atoms with Crippen molar-refractivity contribution in [3.63, 3.8) is 0 Å². The summed E-state index contributed by atoms with van der Waals surface area (Å²) in [5.41, 5.74) is 1.21. The van der Waals surface area contributed by atoms with Crippen LogP contribution in [-0.4, -0.2) is 16.8 Å². The lowest BCUT2D eigenvalue weighted by atomic mass is 10.2. The van der Waals surface area contributed by atoms with Gasteiger partial charge in [0, 0.05) is 18.3 Å². The average molecular weight is 331 g/mol. The normalized spacial score (nSPS) is 10.9. The number of nitrogens with zero attached hydrogens (tertiary/aromatic N) is 2. The molecular weight excluding hydrogens is 317 g/mol. The number of aromatic nitrogens is 2. The first-order chi connectivity index (χ1) is 7.69. The van der Waals surface area contributed by atoms with Crippen molar-refractivity contribution < 1.29 is 4.42 Å². The first kappa shape index (κ1) is 11.7. The minimum atomic E-state index is 0.688. The Morgan fingerprint density at radius 1 is 1.56 bits per heavy atom. The van der Waals surface area contributed by atoms with Gasteiger partial charge in [-0.05, 0) is 42.6 Å². The van der Waals surface area contributed by atoms with E-state index in [1.165, 1.54) is 5.56 Å². The van der Waals surface area contributed by atoms with Gasteiger partial charge in [0.1, 0.15) is 11.5 Å². The maximum atomic E-state index is 5.68. The fourth-order valence-corrected chi connectivity index (χ4v) is 2.06. The van der Waals surface area contributed by atoms with Gasteiger partial charge in [-0.15, -0.1) is 0 Å². The van der Waals surface area contributed by atoms with Crippen molar-refractivity contribution in [1.82, 2.24) is 15.1 Å². The molecule has 0 amide bonds. The zero-order chi connectivity index (χ0) is 11.5. The van der Waals surface area contributed by atoms with E-state index < -0.39 is 0 Å². The van der Waals surface area contributed by atoms with E-state index in [0.717, 1.165) is 21.6 Å². The van der Waals surface area contributed by atoms with Crippen LogP contribution in [-0.2, 0) is 13.1 Å². The Labute approximate surface area is 108 Å². The van der Waals surface area contributed by atoms with Crippen LogP contribution < -0.4 is 5.32 Å². The molecule has 0 aliphatic heterocycles. The summed E-state index contributed by atoms with van der Waals surface area (Å²) in [5.74, 6) is 1.92. The van der Waals surface area contributed by atoms with Gasteiger partial charge in [0.25, 0.3) is 0 Å². The highest BCUT2D eigenvalue weighted by Gasteiger charge is 2.07. The van der Waals surface area contributed by atoms with Gasteiger partial charge in [0.05, 0.1) is 16.3 Å². The smallest absolute Gasteiger partial charge is 0.125 e. The van der Waals surface area contributed by atoms with Crippen molar-refractivity contribution in [2.24, 2.45) is 0 Å². The summed E-state index contributed by atoms with van der Waals surface area (Å²) in [6, 6.07) is 2.08. The van der Waals surface area contributed by atoms with E-state index in [0.29, 0.717) is 6.54 Å². The first-order valence-corrected chi connectivity index (χ1v) is 6.17. The number of furan rings is 1. The van der Waals surface area contributed by atoms with Crippen molar-refractivity contribution in [1.29, 1.82) is 0 Å². The van der Waals surface area contributed by atoms with Crippen LogP contribution in [0.25, 0.3) is 0 Å². The molecule has 0 spiro atoms. The fraction of sp³-hybridized carbons (Fsp3) is 0.364. The molecular formula is C11H14IN3O. The minimum Gasteiger partial charge on any atom is -0.464 e. The van der Waals surface area contributed by atoms with Crippen LogP contribution in [0, 0.1) is 10.5 Å². The van der Waals surface area contributed by atoms with E-state index >= 15 is 0 Å². The van der Waals surface area contributed by atoms with E-state index in [4.69, 9.17) is 4.42 Å². The molecule has 1 N–H and O–H groups in total. The quantitative estimate of drug-likeness (QED) is 0.873. The molecule has 0 aromatic carbocycles. The molecule has 16 heavy (non-hydrogen) atoms. The Morgan fingerprint density at radius 3 is 3.00 bits per heavy atom. The summed E-state index contributed by atoms with van der Waals surface area (Å²) in [6.45, 7) is 3.52. The number of hydrogen-bond donors (Lipinski definition) is 1. The molecule has 0 aliphatic carbocycles. The van der Waals surface area contributed by atoms with Gasteiger partial charge >= 0.3 is 0 Å². The van der Waals surface area contributed by atoms with Crippen LogP contribution in [0.15, 0.2) is 22.9 Å². The summed E-state index contributed by atoms with van der Waals surface area (Å²) in [5, 5.41) is 7.35. The number of rotatable bonds is 4. The molecule has 2 heterocycles. The van der Waals surface area contributed by atoms with Crippen LogP contribution >= 0.6 is 22.6 Å². The molecule has 2 aromatic rings. The van der Waals surface area contributed by atoms with E-state index in [1.807, 2.05) is 31.0 Å². The maximum Gasteiger partial charge on any atom is 0.125 e. The zero-order valence-corrected chi connectivity index (χ0v) is 11.5. The average Bonchev–Trinajstić information content (AvgIpc) is 2.76. The summed E-state index contributed by atoms with van der Waals surface area (Å²) in [6.07, 6.45) is 3.83. The molecule has 0 bridgehead atoms. The zero-order valence-electron chi connectivity index (χ0n) is 9.33. The van der Waals surface area contributed by atoms with Crippen molar-refractivity contribution in [3.05, 3.63) is 39.1 Å². The highest BCUT2D eigenvalue weighted by molar-refractivity contribution is 14.1. The maximum absolute atomic E-state index is 5.68. The van der Waals surface area contributed by atoms with Crippen LogP contribution in [0.5, 0.6) is 0 Å². The predicted octanol–water partition coefficient (Wildman–Crippen LogP) is 2.16. The molecule has 0 saturated carbocycles. The van der Waals surface area contributed by atoms with E-state index in [2.05, 4.69) is 39.1 Å². The van der Waals surface area contributed by atoms with Crippen LogP contribution in [0.3, 0.4) is 0 Å². The number of halogens is 1. The van der Waals surface area contributed by atoms with Crippen molar-refractivity contribution in [2.75, 3.05) is 7.05 Å². The molecule has 2 aromatic heterocycles. The van der Waals surface area contributed by atoms with E-state index in [-0.39, 0.29) is 0 Å². The number of nitrogens with one attached hydrogen (secondary N) is 1. The van der Waals surface area contributed by atoms with Gasteiger partial charge in [-0.1, -0.05) is 0 Å². The highest BCUT2D eigenvalue weighted by atomic mass is 127. The van der Waals surface area contributed by atoms with Gasteiger partial charge in [-0.2, -0.15) is 5.10 Å². The number of aryl methyl sites for hydroxylation is 1. The Bertz CT molecular complexity index is 475. The molecule has 4 nitrogen and oxygen atoms in total. The lowest BCUT2D eigenvalue weighted by Crippen LogP contribution is -2.04. The van der Waals surface area contributed by atoms with E-state index in [9.17, 15) is 0 Å². The molecule has 0 saturated heterocycles. The van der Waals surface area contributed by atoms with Gasteiger partial charge in [0.15, 0.2) is 0 Å². The van der Waals surface area contributed by atoms with Crippen molar-refractivity contribution >= 4 is 22.6 Å². The molecule has 0 unspecified atom stereocenters. The van der Waals surface area contributed by atoms with E-state index in [1.54, 1.807) is 0 Å². The molecule has 0 radical (unpaired) electrons. The third-order valence-electron chi connectivity index (χ3n) is 2.36. The van der Waals surface area contributed by atoms with Gasteiger partial charge in [-0.3, -0.25) is 4.68 Å². The van der Waals surface area contributed by atoms with Crippen LogP contribution in [0.2, 0.25) is 0 Å². The molecule has 86 valence electrons. The Balaban J connectivity index is 2.13. The molecule has 5 heteroatoms. The van der Waals surface area contributed by atoms with Gasteiger partial charge in [-0.25, -0.2) is 0 Å². The second-order valence-electron chi connectivity index (χ2n) is 3.68. The summed E-state index contributed by atoms with van der Waals surface area (Å²) in [4.78, 5) is 0. The van der Waals surface area contributed by atoms with Crippen LogP contribution in [0.4, 0.5) is 0 Å². The summed E-state index contributed by atoms with van der Waals surface area (Å²) >= 11 is 2.24. The highest BCUT2D eigenvalue weighted by Crippen LogP contribution is 2.15. The van der Waals surface area contributed by atoms with Crippen LogP contribution in [0.1, 0.15) is 17.1 Å². The monoisotopic (exact) mass is 331 g/mol. The lowest BCUT2D eigenvalue weighted by Gasteiger charge is -1.95. The standard InChI is InChI=1S/C11H14IN3O/c1-8-9(4-13-2)3-11(16-8)7-15-6-10(12)5-14-15/h3,5-6,13H,4,7H2,1-2H3. The summed E-state index contributed by atoms with van der Waals surface area (Å²) in [7, 11) is 1.93. The second-order valence-corrected chi connectivity index (χ2v) is 4.93. The third-order valence-corrected chi connectivity index (χ3v) is 2.92. The predicted molar refractivity (Wildman–Crippen MR) is 70.3 cm³/mol. The Morgan fingerprint density at radius 2 is 2.38 bits per heavy atom. The molecule has 2 rings (SSSR count). The lowest BCUT2D eigenvalue weighted by molar-refractivity contribution is 0.456. The first-order valence-electron chi connectivity index (χ1n) is 5.10. The fourth-order valence-electron chi connectivity index (χ4n) is 1.62. The number of hydrogen-bond acceptors (Lipinski definition) is 3. The Hall–Kier alpha value is -0.820. The Kier molecular flexibility index (Phi) is 3.65.